The van der Waals surface area contributed by atoms with Crippen molar-refractivity contribution in [3.63, 3.8) is 0 Å². The van der Waals surface area contributed by atoms with Gasteiger partial charge in [0, 0.05) is 18.2 Å². The Hall–Kier alpha value is -1.77. The van der Waals surface area contributed by atoms with E-state index in [4.69, 9.17) is 4.74 Å². The lowest BCUT2D eigenvalue weighted by molar-refractivity contribution is -0.143. The van der Waals surface area contributed by atoms with Gasteiger partial charge in [-0.05, 0) is 63.1 Å². The van der Waals surface area contributed by atoms with Crippen LogP contribution in [-0.4, -0.2) is 18.6 Å². The van der Waals surface area contributed by atoms with Crippen LogP contribution in [0.15, 0.2) is 35.9 Å². The molecule has 3 heteroatoms. The van der Waals surface area contributed by atoms with Crippen LogP contribution in [-0.2, 0) is 16.0 Å². The van der Waals surface area contributed by atoms with Crippen LogP contribution in [0.3, 0.4) is 0 Å². The summed E-state index contributed by atoms with van der Waals surface area (Å²) in [5, 5.41) is 3.68. The van der Waals surface area contributed by atoms with E-state index in [-0.39, 0.29) is 5.97 Å². The van der Waals surface area contributed by atoms with Crippen LogP contribution in [0.4, 0.5) is 5.69 Å². The smallest absolute Gasteiger partial charge is 0.305 e. The van der Waals surface area contributed by atoms with Crippen molar-refractivity contribution < 1.29 is 9.53 Å². The topological polar surface area (TPSA) is 38.3 Å². The molecule has 0 spiro atoms. The first-order chi connectivity index (χ1) is 11.7. The summed E-state index contributed by atoms with van der Waals surface area (Å²) in [7, 11) is 0. The maximum atomic E-state index is 11.3. The van der Waals surface area contributed by atoms with Gasteiger partial charge in [0.25, 0.3) is 0 Å². The zero-order valence-electron chi connectivity index (χ0n) is 15.1. The lowest BCUT2D eigenvalue weighted by atomic mass is 10.0. The highest BCUT2D eigenvalue weighted by Crippen LogP contribution is 2.27. The van der Waals surface area contributed by atoms with E-state index in [1.807, 2.05) is 6.92 Å². The van der Waals surface area contributed by atoms with E-state index in [0.29, 0.717) is 19.1 Å². The van der Waals surface area contributed by atoms with Gasteiger partial charge in [-0.1, -0.05) is 37.1 Å². The highest BCUT2D eigenvalue weighted by molar-refractivity contribution is 5.69. The second-order valence-corrected chi connectivity index (χ2v) is 6.51. The third-order valence-corrected chi connectivity index (χ3v) is 4.57. The van der Waals surface area contributed by atoms with Crippen molar-refractivity contribution in [1.82, 2.24) is 0 Å². The average Bonchev–Trinajstić information content (AvgIpc) is 3.02. The fourth-order valence-corrected chi connectivity index (χ4v) is 3.22. The third-order valence-electron chi connectivity index (χ3n) is 4.57. The molecule has 1 unspecified atom stereocenters. The van der Waals surface area contributed by atoms with Crippen LogP contribution >= 0.6 is 0 Å². The minimum Gasteiger partial charge on any atom is -0.466 e. The summed E-state index contributed by atoms with van der Waals surface area (Å²) in [5.41, 5.74) is 4.05. The van der Waals surface area contributed by atoms with Crippen LogP contribution < -0.4 is 5.32 Å². The number of unbranched alkanes of at least 4 members (excludes halogenated alkanes) is 1. The van der Waals surface area contributed by atoms with E-state index in [1.54, 1.807) is 5.57 Å². The molecule has 1 N–H and O–H groups in total. The normalized spacial score (nSPS) is 16.8. The molecular formula is C21H31NO2. The Bertz CT molecular complexity index is 533. The molecule has 0 saturated heterocycles. The summed E-state index contributed by atoms with van der Waals surface area (Å²) < 4.78 is 4.96. The van der Waals surface area contributed by atoms with Gasteiger partial charge in [-0.3, -0.25) is 4.79 Å². The quantitative estimate of drug-likeness (QED) is 0.470. The second kappa shape index (κ2) is 10.2. The van der Waals surface area contributed by atoms with Gasteiger partial charge in [0.05, 0.1) is 6.61 Å². The Morgan fingerprint density at radius 2 is 1.96 bits per heavy atom. The number of rotatable bonds is 10. The summed E-state index contributed by atoms with van der Waals surface area (Å²) in [5.74, 6) is -0.0941. The van der Waals surface area contributed by atoms with Gasteiger partial charge < -0.3 is 10.1 Å². The lowest BCUT2D eigenvalue weighted by Gasteiger charge is -2.18. The zero-order chi connectivity index (χ0) is 17.2. The number of allylic oxidation sites excluding steroid dienone is 1. The van der Waals surface area contributed by atoms with Crippen LogP contribution in [0.1, 0.15) is 64.4 Å². The van der Waals surface area contributed by atoms with Gasteiger partial charge in [0.15, 0.2) is 0 Å². The minimum atomic E-state index is -0.0941. The molecule has 1 aliphatic carbocycles. The number of nitrogens with one attached hydrogen (secondary N) is 1. The molecule has 0 radical (unpaired) electrons. The van der Waals surface area contributed by atoms with Crippen molar-refractivity contribution in [1.29, 1.82) is 0 Å². The van der Waals surface area contributed by atoms with E-state index in [9.17, 15) is 4.79 Å². The van der Waals surface area contributed by atoms with Crippen LogP contribution in [0, 0.1) is 0 Å². The molecule has 132 valence electrons. The van der Waals surface area contributed by atoms with Gasteiger partial charge in [-0.25, -0.2) is 0 Å². The molecule has 0 aromatic heterocycles. The average molecular weight is 329 g/mol. The number of anilines is 1. The van der Waals surface area contributed by atoms with Crippen molar-refractivity contribution in [2.75, 3.05) is 11.9 Å². The first-order valence-corrected chi connectivity index (χ1v) is 9.43. The molecule has 1 aromatic carbocycles. The predicted molar refractivity (Wildman–Crippen MR) is 100 cm³/mol. The SMILES string of the molecule is CCCCC1=CCCC1Nc1ccc(CCCC(=O)OCC)cc1. The van der Waals surface area contributed by atoms with Gasteiger partial charge in [-0.2, -0.15) is 0 Å². The Balaban J connectivity index is 1.77. The molecule has 0 aliphatic heterocycles. The van der Waals surface area contributed by atoms with Crippen molar-refractivity contribution in [3.05, 3.63) is 41.5 Å². The number of hydrogen-bond acceptors (Lipinski definition) is 3. The number of benzene rings is 1. The maximum absolute atomic E-state index is 11.3. The molecule has 1 atom stereocenters. The highest BCUT2D eigenvalue weighted by atomic mass is 16.5. The summed E-state index contributed by atoms with van der Waals surface area (Å²) in [6.45, 7) is 4.56. The standard InChI is InChI=1S/C21H31NO2/c1-3-5-9-18-10-7-11-20(18)22-19-15-13-17(14-16-19)8-6-12-21(23)24-4-2/h10,13-16,20,22H,3-9,11-12H2,1-2H3. The zero-order valence-corrected chi connectivity index (χ0v) is 15.1. The molecule has 0 heterocycles. The first kappa shape index (κ1) is 18.6. The molecular weight excluding hydrogens is 298 g/mol. The fourth-order valence-electron chi connectivity index (χ4n) is 3.22. The Morgan fingerprint density at radius 3 is 2.67 bits per heavy atom. The number of ether oxygens (including phenoxy) is 1. The van der Waals surface area contributed by atoms with Gasteiger partial charge in [-0.15, -0.1) is 0 Å². The molecule has 2 rings (SSSR count). The van der Waals surface area contributed by atoms with Crippen molar-refractivity contribution in [3.8, 4) is 0 Å². The molecule has 1 aliphatic rings. The molecule has 24 heavy (non-hydrogen) atoms. The fraction of sp³-hybridized carbons (Fsp3) is 0.571. The minimum absolute atomic E-state index is 0.0941. The van der Waals surface area contributed by atoms with E-state index < -0.39 is 0 Å². The summed E-state index contributed by atoms with van der Waals surface area (Å²) in [6.07, 6.45) is 10.8. The molecule has 0 fully saturated rings. The monoisotopic (exact) mass is 329 g/mol. The predicted octanol–water partition coefficient (Wildman–Crippen LogP) is 5.26. The number of carbonyl (C=O) groups excluding carboxylic acids is 1. The Labute approximate surface area is 146 Å². The number of hydrogen-bond donors (Lipinski definition) is 1. The van der Waals surface area contributed by atoms with Crippen molar-refractivity contribution in [2.24, 2.45) is 0 Å². The van der Waals surface area contributed by atoms with Gasteiger partial charge in [0.2, 0.25) is 0 Å². The lowest BCUT2D eigenvalue weighted by Crippen LogP contribution is -2.18. The van der Waals surface area contributed by atoms with Crippen LogP contribution in [0.25, 0.3) is 0 Å². The van der Waals surface area contributed by atoms with Crippen molar-refractivity contribution >= 4 is 11.7 Å². The molecule has 3 nitrogen and oxygen atoms in total. The van der Waals surface area contributed by atoms with Crippen LogP contribution in [0.2, 0.25) is 0 Å². The number of esters is 1. The van der Waals surface area contributed by atoms with Gasteiger partial charge >= 0.3 is 5.97 Å². The largest absolute Gasteiger partial charge is 0.466 e. The summed E-state index contributed by atoms with van der Waals surface area (Å²) >= 11 is 0. The Kier molecular flexibility index (Phi) is 7.87. The van der Waals surface area contributed by atoms with E-state index >= 15 is 0 Å². The first-order valence-electron chi connectivity index (χ1n) is 9.43. The molecule has 0 bridgehead atoms. The third kappa shape index (κ3) is 6.03. The van der Waals surface area contributed by atoms with E-state index in [2.05, 4.69) is 42.6 Å². The van der Waals surface area contributed by atoms with Gasteiger partial charge in [0.1, 0.15) is 0 Å². The second-order valence-electron chi connectivity index (χ2n) is 6.51. The molecule has 1 aromatic rings. The van der Waals surface area contributed by atoms with Crippen molar-refractivity contribution in [2.45, 2.75) is 71.3 Å². The maximum Gasteiger partial charge on any atom is 0.305 e. The Morgan fingerprint density at radius 1 is 1.17 bits per heavy atom. The van der Waals surface area contributed by atoms with E-state index in [0.717, 1.165) is 12.8 Å². The number of aryl methyl sites for hydroxylation is 1. The summed E-state index contributed by atoms with van der Waals surface area (Å²) in [6, 6.07) is 9.16. The summed E-state index contributed by atoms with van der Waals surface area (Å²) in [4.78, 5) is 11.3. The van der Waals surface area contributed by atoms with E-state index in [1.165, 1.54) is 43.4 Å². The molecule has 0 saturated carbocycles. The molecule has 0 amide bonds. The van der Waals surface area contributed by atoms with Crippen LogP contribution in [0.5, 0.6) is 0 Å². The highest BCUT2D eigenvalue weighted by Gasteiger charge is 2.18. The number of carbonyl (C=O) groups is 1.